The van der Waals surface area contributed by atoms with E-state index in [1.807, 2.05) is 30.3 Å². The van der Waals surface area contributed by atoms with Crippen molar-refractivity contribution in [3.63, 3.8) is 0 Å². The van der Waals surface area contributed by atoms with Crippen LogP contribution in [-0.2, 0) is 17.9 Å². The van der Waals surface area contributed by atoms with Gasteiger partial charge in [-0.25, -0.2) is 13.9 Å². The van der Waals surface area contributed by atoms with E-state index >= 15 is 0 Å². The predicted octanol–water partition coefficient (Wildman–Crippen LogP) is 3.06. The van der Waals surface area contributed by atoms with Crippen LogP contribution in [0.25, 0.3) is 11.4 Å². The Morgan fingerprint density at radius 1 is 1.09 bits per heavy atom. The minimum absolute atomic E-state index is 0.0786. The van der Waals surface area contributed by atoms with Gasteiger partial charge in [-0.2, -0.15) is 0 Å². The van der Waals surface area contributed by atoms with Crippen LogP contribution in [0.2, 0.25) is 0 Å². The minimum Gasteiger partial charge on any atom is -0.331 e. The summed E-state index contributed by atoms with van der Waals surface area (Å²) in [5.74, 6) is -0.478. The summed E-state index contributed by atoms with van der Waals surface area (Å²) in [6, 6.07) is 15.0. The highest BCUT2D eigenvalue weighted by atomic mass is 32.1. The molecular formula is C22H25FN6O2S. The fraction of sp³-hybridized carbons (Fsp3) is 0.273. The van der Waals surface area contributed by atoms with Crippen molar-refractivity contribution in [3.05, 3.63) is 70.9 Å². The van der Waals surface area contributed by atoms with Gasteiger partial charge < -0.3 is 5.32 Å². The van der Waals surface area contributed by atoms with Crippen LogP contribution in [0.4, 0.5) is 10.1 Å². The lowest BCUT2D eigenvalue weighted by atomic mass is 10.2. The quantitative estimate of drug-likeness (QED) is 0.274. The number of hydrazine groups is 1. The van der Waals surface area contributed by atoms with Crippen LogP contribution in [-0.4, -0.2) is 25.4 Å². The Kier molecular flexibility index (Phi) is 8.09. The fourth-order valence-corrected chi connectivity index (χ4v) is 3.25. The van der Waals surface area contributed by atoms with E-state index in [0.717, 1.165) is 24.8 Å². The van der Waals surface area contributed by atoms with E-state index in [1.165, 1.54) is 27.4 Å². The maximum Gasteiger partial charge on any atom is 0.346 e. The molecule has 0 saturated carbocycles. The summed E-state index contributed by atoms with van der Waals surface area (Å²) in [4.78, 5) is 25.4. The molecule has 1 heterocycles. The molecule has 0 radical (unpaired) electrons. The van der Waals surface area contributed by atoms with Crippen molar-refractivity contribution in [3.8, 4) is 11.4 Å². The third-order valence-corrected chi connectivity index (χ3v) is 4.83. The molecule has 0 atom stereocenters. The second kappa shape index (κ2) is 11.2. The van der Waals surface area contributed by atoms with Crippen molar-refractivity contribution in [1.82, 2.24) is 25.2 Å². The van der Waals surface area contributed by atoms with Crippen LogP contribution < -0.4 is 21.9 Å². The number of rotatable bonds is 8. The largest absolute Gasteiger partial charge is 0.346 e. The molecule has 168 valence electrons. The fourth-order valence-electron chi connectivity index (χ4n) is 3.08. The number of unbranched alkanes of at least 4 members (excludes halogenated alkanes) is 2. The van der Waals surface area contributed by atoms with Gasteiger partial charge in [0.15, 0.2) is 10.9 Å². The number of carbonyl (C=O) groups excluding carboxylic acids is 1. The zero-order valence-electron chi connectivity index (χ0n) is 17.7. The summed E-state index contributed by atoms with van der Waals surface area (Å²) < 4.78 is 16.0. The van der Waals surface area contributed by atoms with Crippen LogP contribution in [0.1, 0.15) is 26.2 Å². The molecule has 1 aromatic heterocycles. The Hall–Kier alpha value is -3.53. The van der Waals surface area contributed by atoms with Gasteiger partial charge in [0.25, 0.3) is 5.91 Å². The summed E-state index contributed by atoms with van der Waals surface area (Å²) in [5, 5.41) is 7.30. The van der Waals surface area contributed by atoms with E-state index in [0.29, 0.717) is 18.1 Å². The van der Waals surface area contributed by atoms with Crippen LogP contribution in [0.5, 0.6) is 0 Å². The van der Waals surface area contributed by atoms with Gasteiger partial charge in [0.2, 0.25) is 0 Å². The summed E-state index contributed by atoms with van der Waals surface area (Å²) >= 11 is 5.11. The maximum absolute atomic E-state index is 13.3. The standard InChI is InChI=1S/C22H25FN6O2S/c1-2-3-7-13-29-22(31)28(20(27-29)16-9-5-4-6-10-16)15-19(30)25-26-21(32)24-18-12-8-11-17(23)14-18/h4-6,8-12,14H,2-3,7,13,15H2,1H3,(H,25,30)(H2,24,26,32). The number of nitrogens with zero attached hydrogens (tertiary/aromatic N) is 3. The minimum atomic E-state index is -0.485. The zero-order valence-corrected chi connectivity index (χ0v) is 18.5. The number of benzene rings is 2. The summed E-state index contributed by atoms with van der Waals surface area (Å²) in [5.41, 5.74) is 5.83. The monoisotopic (exact) mass is 456 g/mol. The number of anilines is 1. The van der Waals surface area contributed by atoms with Gasteiger partial charge >= 0.3 is 5.69 Å². The second-order valence-corrected chi connectivity index (χ2v) is 7.53. The molecule has 0 fully saturated rings. The molecule has 3 N–H and O–H groups in total. The SMILES string of the molecule is CCCCCn1nc(-c2ccccc2)n(CC(=O)NNC(=S)Nc2cccc(F)c2)c1=O. The first kappa shape index (κ1) is 23.1. The van der Waals surface area contributed by atoms with Gasteiger partial charge in [-0.3, -0.25) is 20.2 Å². The molecule has 0 bridgehead atoms. The van der Waals surface area contributed by atoms with Crippen molar-refractivity contribution in [2.45, 2.75) is 39.3 Å². The first-order valence-electron chi connectivity index (χ1n) is 10.3. The van der Waals surface area contributed by atoms with Crippen molar-refractivity contribution in [1.29, 1.82) is 0 Å². The number of hydrogen-bond acceptors (Lipinski definition) is 4. The topological polar surface area (TPSA) is 93.0 Å². The number of aryl methyl sites for hydroxylation is 1. The Morgan fingerprint density at radius 3 is 2.59 bits per heavy atom. The highest BCUT2D eigenvalue weighted by Crippen LogP contribution is 2.15. The lowest BCUT2D eigenvalue weighted by Crippen LogP contribution is -2.46. The predicted molar refractivity (Wildman–Crippen MR) is 125 cm³/mol. The zero-order chi connectivity index (χ0) is 22.9. The molecule has 32 heavy (non-hydrogen) atoms. The molecule has 8 nitrogen and oxygen atoms in total. The highest BCUT2D eigenvalue weighted by Gasteiger charge is 2.17. The van der Waals surface area contributed by atoms with E-state index in [2.05, 4.69) is 28.2 Å². The van der Waals surface area contributed by atoms with Crippen molar-refractivity contribution < 1.29 is 9.18 Å². The first-order chi connectivity index (χ1) is 15.5. The number of nitrogens with one attached hydrogen (secondary N) is 3. The lowest BCUT2D eigenvalue weighted by molar-refractivity contribution is -0.122. The Bertz CT molecular complexity index is 1130. The van der Waals surface area contributed by atoms with Gasteiger partial charge in [-0.15, -0.1) is 5.10 Å². The lowest BCUT2D eigenvalue weighted by Gasteiger charge is -2.12. The first-order valence-corrected chi connectivity index (χ1v) is 10.7. The van der Waals surface area contributed by atoms with Crippen molar-refractivity contribution in [2.24, 2.45) is 0 Å². The van der Waals surface area contributed by atoms with E-state index in [-0.39, 0.29) is 17.3 Å². The molecular weight excluding hydrogens is 431 g/mol. The number of carbonyl (C=O) groups is 1. The average Bonchev–Trinajstić information content (AvgIpc) is 3.08. The third-order valence-electron chi connectivity index (χ3n) is 4.63. The molecule has 1 amide bonds. The smallest absolute Gasteiger partial charge is 0.331 e. The third kappa shape index (κ3) is 6.24. The van der Waals surface area contributed by atoms with Crippen LogP contribution in [0.15, 0.2) is 59.4 Å². The van der Waals surface area contributed by atoms with E-state index in [4.69, 9.17) is 12.2 Å². The summed E-state index contributed by atoms with van der Waals surface area (Å²) in [7, 11) is 0. The number of aromatic nitrogens is 3. The van der Waals surface area contributed by atoms with E-state index in [9.17, 15) is 14.0 Å². The van der Waals surface area contributed by atoms with Gasteiger partial charge in [0, 0.05) is 17.8 Å². The second-order valence-electron chi connectivity index (χ2n) is 7.13. The molecule has 0 saturated heterocycles. The molecule has 3 aromatic rings. The van der Waals surface area contributed by atoms with Crippen molar-refractivity contribution >= 4 is 28.9 Å². The molecule has 0 aliphatic carbocycles. The highest BCUT2D eigenvalue weighted by molar-refractivity contribution is 7.80. The van der Waals surface area contributed by atoms with Crippen molar-refractivity contribution in [2.75, 3.05) is 5.32 Å². The van der Waals surface area contributed by atoms with Crippen LogP contribution in [0.3, 0.4) is 0 Å². The van der Waals surface area contributed by atoms with E-state index in [1.54, 1.807) is 6.07 Å². The van der Waals surface area contributed by atoms with Crippen LogP contribution >= 0.6 is 12.2 Å². The Balaban J connectivity index is 1.68. The number of hydrogen-bond donors (Lipinski definition) is 3. The molecule has 0 spiro atoms. The molecule has 0 aliphatic heterocycles. The number of amides is 1. The Morgan fingerprint density at radius 2 is 1.88 bits per heavy atom. The normalized spacial score (nSPS) is 10.6. The van der Waals surface area contributed by atoms with Gasteiger partial charge in [-0.1, -0.05) is 56.2 Å². The molecule has 3 rings (SSSR count). The molecule has 2 aromatic carbocycles. The summed E-state index contributed by atoms with van der Waals surface area (Å²) in [6.07, 6.45) is 2.84. The number of thiocarbonyl (C=S) groups is 1. The number of halogens is 1. The summed E-state index contributed by atoms with van der Waals surface area (Å²) in [6.45, 7) is 2.33. The maximum atomic E-state index is 13.3. The molecule has 0 unspecified atom stereocenters. The van der Waals surface area contributed by atoms with E-state index < -0.39 is 11.7 Å². The average molecular weight is 457 g/mol. The van der Waals surface area contributed by atoms with Gasteiger partial charge in [-0.05, 0) is 36.8 Å². The van der Waals surface area contributed by atoms with Gasteiger partial charge in [0.05, 0.1) is 0 Å². The Labute approximate surface area is 190 Å². The molecule has 10 heteroatoms. The van der Waals surface area contributed by atoms with Crippen LogP contribution in [0, 0.1) is 5.82 Å². The molecule has 0 aliphatic rings. The van der Waals surface area contributed by atoms with Gasteiger partial charge in [0.1, 0.15) is 12.4 Å².